The number of rotatable bonds is 9. The van der Waals surface area contributed by atoms with Crippen LogP contribution in [0.1, 0.15) is 64.7 Å². The minimum absolute atomic E-state index is 0.179. The van der Waals surface area contributed by atoms with E-state index < -0.39 is 0 Å². The quantitative estimate of drug-likeness (QED) is 0.391. The maximum atomic E-state index is 12.4. The van der Waals surface area contributed by atoms with Crippen LogP contribution in [0.2, 0.25) is 0 Å². The molecule has 2 aliphatic carbocycles. The number of hydrogen-bond acceptors (Lipinski definition) is 4. The van der Waals surface area contributed by atoms with E-state index in [4.69, 9.17) is 4.99 Å². The fourth-order valence-corrected chi connectivity index (χ4v) is 5.05. The standard InChI is InChI=1S/C23H43N5O2/c1-2-24-22(26-19-23(11-18-29)9-4-3-5-10-23)25-12-13-27-14-16-28(17-15-27)21(30)20-7-6-8-20/h20,29H,2-19H2,1H3,(H2,24,25,26). The van der Waals surface area contributed by atoms with Gasteiger partial charge in [-0.15, -0.1) is 0 Å². The first-order valence-corrected chi connectivity index (χ1v) is 12.3. The molecule has 0 aromatic carbocycles. The van der Waals surface area contributed by atoms with E-state index in [0.717, 1.165) is 77.6 Å². The first kappa shape index (κ1) is 23.3. The smallest absolute Gasteiger partial charge is 0.225 e. The molecule has 3 aliphatic rings. The third-order valence-corrected chi connectivity index (χ3v) is 7.33. The summed E-state index contributed by atoms with van der Waals surface area (Å²) in [5.41, 5.74) is 0.179. The molecule has 7 heteroatoms. The molecular formula is C23H43N5O2. The lowest BCUT2D eigenvalue weighted by molar-refractivity contribution is -0.139. The number of amides is 1. The van der Waals surface area contributed by atoms with E-state index in [2.05, 4.69) is 27.4 Å². The number of aliphatic imine (C=N–C) groups is 1. The number of hydrogen-bond donors (Lipinski definition) is 3. The molecule has 0 bridgehead atoms. The Morgan fingerprint density at radius 2 is 1.80 bits per heavy atom. The minimum atomic E-state index is 0.179. The van der Waals surface area contributed by atoms with Crippen LogP contribution in [0.5, 0.6) is 0 Å². The highest BCUT2D eigenvalue weighted by atomic mass is 16.3. The zero-order chi connectivity index (χ0) is 21.2. The van der Waals surface area contributed by atoms with Gasteiger partial charge in [0.25, 0.3) is 0 Å². The third kappa shape index (κ3) is 6.58. The van der Waals surface area contributed by atoms with Gasteiger partial charge in [-0.1, -0.05) is 25.7 Å². The monoisotopic (exact) mass is 421 g/mol. The van der Waals surface area contributed by atoms with E-state index >= 15 is 0 Å². The molecule has 0 radical (unpaired) electrons. The van der Waals surface area contributed by atoms with E-state index in [9.17, 15) is 9.90 Å². The molecule has 3 fully saturated rings. The number of carbonyl (C=O) groups is 1. The highest BCUT2D eigenvalue weighted by Crippen LogP contribution is 2.39. The van der Waals surface area contributed by atoms with Crippen molar-refractivity contribution >= 4 is 11.9 Å². The van der Waals surface area contributed by atoms with Gasteiger partial charge in [0.05, 0.1) is 0 Å². The summed E-state index contributed by atoms with van der Waals surface area (Å²) < 4.78 is 0. The maximum Gasteiger partial charge on any atom is 0.225 e. The molecule has 30 heavy (non-hydrogen) atoms. The van der Waals surface area contributed by atoms with Gasteiger partial charge in [-0.05, 0) is 44.4 Å². The lowest BCUT2D eigenvalue weighted by atomic mass is 9.72. The highest BCUT2D eigenvalue weighted by molar-refractivity contribution is 5.80. The number of aliphatic hydroxyl groups excluding tert-OH is 1. The van der Waals surface area contributed by atoms with Crippen molar-refractivity contribution in [3.8, 4) is 0 Å². The van der Waals surface area contributed by atoms with Gasteiger partial charge in [0, 0.05) is 64.9 Å². The molecule has 7 nitrogen and oxygen atoms in total. The van der Waals surface area contributed by atoms with Crippen LogP contribution < -0.4 is 10.6 Å². The average molecular weight is 422 g/mol. The average Bonchev–Trinajstić information content (AvgIpc) is 2.72. The van der Waals surface area contributed by atoms with Crippen molar-refractivity contribution in [2.24, 2.45) is 16.3 Å². The van der Waals surface area contributed by atoms with Crippen LogP contribution in [-0.2, 0) is 4.79 Å². The van der Waals surface area contributed by atoms with E-state index in [1.165, 1.54) is 38.5 Å². The molecular weight excluding hydrogens is 378 g/mol. The molecule has 3 N–H and O–H groups in total. The molecule has 1 saturated heterocycles. The Labute approximate surface area is 182 Å². The summed E-state index contributed by atoms with van der Waals surface area (Å²) in [4.78, 5) is 21.8. The molecule has 172 valence electrons. The maximum absolute atomic E-state index is 12.4. The van der Waals surface area contributed by atoms with Crippen molar-refractivity contribution in [3.63, 3.8) is 0 Å². The van der Waals surface area contributed by atoms with Crippen LogP contribution in [0.3, 0.4) is 0 Å². The Kier molecular flexibility index (Phi) is 9.25. The summed E-state index contributed by atoms with van der Waals surface area (Å²) in [7, 11) is 0. The molecule has 0 aromatic heterocycles. The Morgan fingerprint density at radius 1 is 1.07 bits per heavy atom. The largest absolute Gasteiger partial charge is 0.396 e. The van der Waals surface area contributed by atoms with Gasteiger partial charge in [-0.2, -0.15) is 0 Å². The zero-order valence-corrected chi connectivity index (χ0v) is 19.0. The number of nitrogens with one attached hydrogen (secondary N) is 2. The minimum Gasteiger partial charge on any atom is -0.396 e. The number of nitrogens with zero attached hydrogens (tertiary/aromatic N) is 3. The molecule has 1 heterocycles. The van der Waals surface area contributed by atoms with Crippen LogP contribution in [0.25, 0.3) is 0 Å². The normalized spacial score (nSPS) is 23.1. The van der Waals surface area contributed by atoms with Gasteiger partial charge in [0.1, 0.15) is 0 Å². The van der Waals surface area contributed by atoms with Gasteiger partial charge >= 0.3 is 0 Å². The van der Waals surface area contributed by atoms with E-state index in [-0.39, 0.29) is 12.0 Å². The molecule has 3 rings (SSSR count). The molecule has 0 atom stereocenters. The number of carbonyl (C=O) groups excluding carboxylic acids is 1. The summed E-state index contributed by atoms with van der Waals surface area (Å²) in [5.74, 6) is 1.59. The van der Waals surface area contributed by atoms with Crippen LogP contribution in [0.15, 0.2) is 4.99 Å². The Balaban J connectivity index is 1.40. The molecule has 0 unspecified atom stereocenters. The lowest BCUT2D eigenvalue weighted by Crippen LogP contribution is -2.52. The zero-order valence-electron chi connectivity index (χ0n) is 19.0. The first-order chi connectivity index (χ1) is 14.7. The van der Waals surface area contributed by atoms with Crippen LogP contribution in [-0.4, -0.2) is 85.7 Å². The first-order valence-electron chi connectivity index (χ1n) is 12.3. The molecule has 2 saturated carbocycles. The Hall–Kier alpha value is -1.34. The second kappa shape index (κ2) is 11.9. The lowest BCUT2D eigenvalue weighted by Gasteiger charge is -2.38. The molecule has 1 amide bonds. The Morgan fingerprint density at radius 3 is 2.40 bits per heavy atom. The SMILES string of the molecule is CCNC(=NCC1(CCO)CCCCC1)NCCN1CCN(C(=O)C2CCC2)CC1. The highest BCUT2D eigenvalue weighted by Gasteiger charge is 2.32. The van der Waals surface area contributed by atoms with Gasteiger partial charge < -0.3 is 20.6 Å². The summed E-state index contributed by atoms with van der Waals surface area (Å²) in [5, 5.41) is 16.4. The van der Waals surface area contributed by atoms with Gasteiger partial charge in [0.15, 0.2) is 5.96 Å². The van der Waals surface area contributed by atoms with Crippen molar-refractivity contribution in [2.45, 2.75) is 64.7 Å². The topological polar surface area (TPSA) is 80.2 Å². The number of guanidine groups is 1. The van der Waals surface area contributed by atoms with Gasteiger partial charge in [0.2, 0.25) is 5.91 Å². The predicted octanol–water partition coefficient (Wildman–Crippen LogP) is 1.82. The van der Waals surface area contributed by atoms with E-state index in [0.29, 0.717) is 11.8 Å². The van der Waals surface area contributed by atoms with Crippen molar-refractivity contribution < 1.29 is 9.90 Å². The van der Waals surface area contributed by atoms with Crippen molar-refractivity contribution in [2.75, 3.05) is 59.0 Å². The van der Waals surface area contributed by atoms with Crippen molar-refractivity contribution in [3.05, 3.63) is 0 Å². The van der Waals surface area contributed by atoms with E-state index in [1.807, 2.05) is 0 Å². The fourth-order valence-electron chi connectivity index (χ4n) is 5.05. The van der Waals surface area contributed by atoms with Crippen LogP contribution in [0, 0.1) is 11.3 Å². The number of aliphatic hydroxyl groups is 1. The van der Waals surface area contributed by atoms with E-state index in [1.54, 1.807) is 0 Å². The fraction of sp³-hybridized carbons (Fsp3) is 0.913. The summed E-state index contributed by atoms with van der Waals surface area (Å²) in [6.07, 6.45) is 10.5. The third-order valence-electron chi connectivity index (χ3n) is 7.33. The van der Waals surface area contributed by atoms with Crippen LogP contribution >= 0.6 is 0 Å². The van der Waals surface area contributed by atoms with Crippen LogP contribution in [0.4, 0.5) is 0 Å². The predicted molar refractivity (Wildman–Crippen MR) is 122 cm³/mol. The molecule has 1 aliphatic heterocycles. The summed E-state index contributed by atoms with van der Waals surface area (Å²) in [6.45, 7) is 9.49. The Bertz CT molecular complexity index is 544. The van der Waals surface area contributed by atoms with Gasteiger partial charge in [-0.25, -0.2) is 0 Å². The molecule has 0 aromatic rings. The second-order valence-electron chi connectivity index (χ2n) is 9.45. The summed E-state index contributed by atoms with van der Waals surface area (Å²) >= 11 is 0. The molecule has 0 spiro atoms. The number of piperazine rings is 1. The van der Waals surface area contributed by atoms with Crippen molar-refractivity contribution in [1.29, 1.82) is 0 Å². The van der Waals surface area contributed by atoms with Gasteiger partial charge in [-0.3, -0.25) is 14.7 Å². The summed E-state index contributed by atoms with van der Waals surface area (Å²) in [6, 6.07) is 0. The second-order valence-corrected chi connectivity index (χ2v) is 9.45. The van der Waals surface area contributed by atoms with Crippen molar-refractivity contribution in [1.82, 2.24) is 20.4 Å².